The van der Waals surface area contributed by atoms with Crippen LogP contribution in [0, 0.1) is 5.41 Å². The number of rotatable bonds is 16. The number of carboxylic acids is 1. The van der Waals surface area contributed by atoms with Crippen LogP contribution in [0.2, 0.25) is 0 Å². The molecule has 0 bridgehead atoms. The molecule has 48 heavy (non-hydrogen) atoms. The van der Waals surface area contributed by atoms with E-state index in [0.717, 1.165) is 11.3 Å². The lowest BCUT2D eigenvalue weighted by molar-refractivity contribution is -0.218. The van der Waals surface area contributed by atoms with E-state index in [1.165, 1.54) is 31.4 Å². The Hall–Kier alpha value is -5.45. The molecule has 0 aliphatic carbocycles. The van der Waals surface area contributed by atoms with Crippen LogP contribution >= 0.6 is 11.3 Å². The fraction of sp³-hybridized carbons (Fsp3) is 0.308. The van der Waals surface area contributed by atoms with E-state index in [1.807, 2.05) is 0 Å². The Morgan fingerprint density at radius 1 is 1.21 bits per heavy atom. The maximum Gasteiger partial charge on any atom is 0.418 e. The van der Waals surface area contributed by atoms with E-state index in [-0.39, 0.29) is 22.4 Å². The molecule has 256 valence electrons. The molecule has 2 atom stereocenters. The predicted molar refractivity (Wildman–Crippen MR) is 168 cm³/mol. The quantitative estimate of drug-likeness (QED) is 0.0250. The summed E-state index contributed by atoms with van der Waals surface area (Å²) in [6.45, 7) is 3.03. The Bertz CT molecular complexity index is 1790. The molecule has 4 rings (SSSR count). The number of hydroxylamine groups is 2. The number of carbonyl (C=O) groups excluding carboxylic acids is 2. The number of carboxylic acid groups (broad SMARTS) is 1. The van der Waals surface area contributed by atoms with Crippen LogP contribution in [0.4, 0.5) is 11.1 Å². The van der Waals surface area contributed by atoms with Crippen LogP contribution in [0.1, 0.15) is 25.1 Å². The Morgan fingerprint density at radius 2 is 1.90 bits per heavy atom. The third kappa shape index (κ3) is 9.09. The van der Waals surface area contributed by atoms with Gasteiger partial charge in [-0.3, -0.25) is 19.6 Å². The number of anilines is 2. The first kappa shape index (κ1) is 35.4. The van der Waals surface area contributed by atoms with Gasteiger partial charge in [0.05, 0.1) is 5.54 Å². The number of nitrogen functional groups attached to an aromatic ring is 1. The van der Waals surface area contributed by atoms with Crippen molar-refractivity contribution < 1.29 is 46.3 Å². The van der Waals surface area contributed by atoms with Crippen molar-refractivity contribution in [3.8, 4) is 5.75 Å². The number of thiazole rings is 1. The third-order valence-corrected chi connectivity index (χ3v) is 7.48. The number of nitrogens with one attached hydrogen (secondary N) is 4. The number of carbonyl (C=O) groups is 3. The van der Waals surface area contributed by atoms with Gasteiger partial charge in [0, 0.05) is 36.4 Å². The molecular weight excluding hydrogens is 676 g/mol. The summed E-state index contributed by atoms with van der Waals surface area (Å²) in [4.78, 5) is 54.8. The van der Waals surface area contributed by atoms with Crippen LogP contribution in [0.5, 0.6) is 5.75 Å². The van der Waals surface area contributed by atoms with Gasteiger partial charge >= 0.3 is 16.4 Å². The van der Waals surface area contributed by atoms with E-state index in [0.29, 0.717) is 29.7 Å². The number of hydrogen-bond donors (Lipinski definition) is 7. The smallest absolute Gasteiger partial charge is 0.418 e. The molecule has 0 saturated carbocycles. The fourth-order valence-corrected chi connectivity index (χ4v) is 5.03. The molecular formula is C26H30N10O10S2. The molecule has 1 aromatic carbocycles. The first-order valence-corrected chi connectivity index (χ1v) is 16.0. The summed E-state index contributed by atoms with van der Waals surface area (Å²) in [5, 5.41) is 31.7. The van der Waals surface area contributed by atoms with Crippen LogP contribution in [0.15, 0.2) is 53.3 Å². The number of nitrogens with zero attached hydrogens (tertiary/aromatic N) is 5. The summed E-state index contributed by atoms with van der Waals surface area (Å²) in [6.07, 6.45) is 1.49. The lowest BCUT2D eigenvalue weighted by Crippen LogP contribution is -2.76. The molecule has 1 aliphatic rings. The molecule has 22 heteroatoms. The molecule has 0 unspecified atom stereocenters. The molecule has 3 heterocycles. The van der Waals surface area contributed by atoms with E-state index < -0.39 is 58.2 Å². The molecule has 0 radical (unpaired) electrons. The van der Waals surface area contributed by atoms with E-state index in [1.54, 1.807) is 30.6 Å². The Balaban J connectivity index is 1.36. The zero-order valence-electron chi connectivity index (χ0n) is 25.2. The summed E-state index contributed by atoms with van der Waals surface area (Å²) in [6, 6.07) is 6.58. The SMILES string of the molecule is CC1(C)[C@H](NC(=O)C(=NO[C@@H](COc2ccc(C(=N)NCCNc3ncccn3)cc2)C(=O)O)c2csc(N)n2)C(=O)N1OS(=O)(=O)O. The van der Waals surface area contributed by atoms with Gasteiger partial charge in [0.1, 0.15) is 29.9 Å². The molecule has 0 spiro atoms. The van der Waals surface area contributed by atoms with Crippen molar-refractivity contribution in [3.63, 3.8) is 0 Å². The fourth-order valence-electron chi connectivity index (χ4n) is 4.03. The van der Waals surface area contributed by atoms with E-state index in [9.17, 15) is 27.9 Å². The van der Waals surface area contributed by atoms with Crippen molar-refractivity contribution in [1.29, 1.82) is 5.41 Å². The summed E-state index contributed by atoms with van der Waals surface area (Å²) in [5.41, 5.74) is 4.12. The zero-order chi connectivity index (χ0) is 35.1. The Kier molecular flexibility index (Phi) is 11.0. The highest BCUT2D eigenvalue weighted by Gasteiger charge is 2.58. The maximum absolute atomic E-state index is 13.2. The average Bonchev–Trinajstić information content (AvgIpc) is 3.47. The molecule has 3 aromatic rings. The van der Waals surface area contributed by atoms with Gasteiger partial charge in [-0.15, -0.1) is 15.6 Å². The number of amidine groups is 1. The van der Waals surface area contributed by atoms with Crippen molar-refractivity contribution >= 4 is 62.1 Å². The van der Waals surface area contributed by atoms with Crippen LogP contribution in [0.3, 0.4) is 0 Å². The summed E-state index contributed by atoms with van der Waals surface area (Å²) >= 11 is 0.943. The minimum Gasteiger partial charge on any atom is -0.489 e. The maximum atomic E-state index is 13.2. The molecule has 1 saturated heterocycles. The minimum absolute atomic E-state index is 0.0431. The number of β-lactam (4-membered cyclic amide) rings is 1. The van der Waals surface area contributed by atoms with Gasteiger partial charge in [0.15, 0.2) is 10.8 Å². The monoisotopic (exact) mass is 706 g/mol. The Morgan fingerprint density at radius 3 is 2.48 bits per heavy atom. The van der Waals surface area contributed by atoms with E-state index in [4.69, 9.17) is 25.3 Å². The van der Waals surface area contributed by atoms with Gasteiger partial charge in [0.25, 0.3) is 17.9 Å². The van der Waals surface area contributed by atoms with Crippen LogP contribution in [0.25, 0.3) is 0 Å². The van der Waals surface area contributed by atoms with Crippen molar-refractivity contribution in [2.45, 2.75) is 31.5 Å². The van der Waals surface area contributed by atoms with Crippen molar-refractivity contribution in [1.82, 2.24) is 30.6 Å². The molecule has 1 fully saturated rings. The summed E-state index contributed by atoms with van der Waals surface area (Å²) in [7, 11) is -5.03. The second-order valence-electron chi connectivity index (χ2n) is 10.3. The van der Waals surface area contributed by atoms with Gasteiger partial charge in [-0.2, -0.15) is 13.5 Å². The van der Waals surface area contributed by atoms with Gasteiger partial charge in [-0.05, 0) is 44.2 Å². The molecule has 2 amide bonds. The lowest BCUT2D eigenvalue weighted by atomic mass is 9.84. The van der Waals surface area contributed by atoms with Gasteiger partial charge in [-0.1, -0.05) is 5.16 Å². The predicted octanol–water partition coefficient (Wildman–Crippen LogP) is -0.365. The molecule has 20 nitrogen and oxygen atoms in total. The van der Waals surface area contributed by atoms with Crippen molar-refractivity contribution in [2.24, 2.45) is 5.16 Å². The summed E-state index contributed by atoms with van der Waals surface area (Å²) in [5.74, 6) is -2.68. The number of benzene rings is 1. The molecule has 1 aliphatic heterocycles. The third-order valence-electron chi connectivity index (χ3n) is 6.47. The number of aliphatic carboxylic acids is 1. The highest BCUT2D eigenvalue weighted by Crippen LogP contribution is 2.33. The van der Waals surface area contributed by atoms with E-state index in [2.05, 4.69) is 40.3 Å². The van der Waals surface area contributed by atoms with Gasteiger partial charge < -0.3 is 36.4 Å². The Labute approximate surface area is 276 Å². The second kappa shape index (κ2) is 15.0. The highest BCUT2D eigenvalue weighted by molar-refractivity contribution is 7.80. The van der Waals surface area contributed by atoms with Crippen LogP contribution < -0.4 is 26.4 Å². The normalized spacial score (nSPS) is 16.3. The number of amides is 2. The average molecular weight is 707 g/mol. The second-order valence-corrected chi connectivity index (χ2v) is 12.2. The van der Waals surface area contributed by atoms with Crippen LogP contribution in [-0.2, 0) is 33.9 Å². The topological polar surface area (TPSA) is 294 Å². The number of oxime groups is 1. The molecule has 2 aromatic heterocycles. The zero-order valence-corrected chi connectivity index (χ0v) is 26.8. The standard InChI is InChI=1S/C26H30N10O10S2/c1-26(2)19(22(38)36(26)46-48(41,42)43)34-21(37)18(16-13-47-24(28)33-16)35-45-17(23(39)40)12-44-15-6-4-14(5-7-15)20(27)29-10-11-32-25-30-8-3-9-31-25/h3-9,13,17,19H,10-12H2,1-2H3,(H2,27,29)(H2,28,33)(H,34,37)(H,39,40)(H,30,31,32)(H,41,42,43)/t17-,19+/m0/s1. The first-order valence-electron chi connectivity index (χ1n) is 13.7. The summed E-state index contributed by atoms with van der Waals surface area (Å²) < 4.78 is 40.9. The van der Waals surface area contributed by atoms with E-state index >= 15 is 0 Å². The van der Waals surface area contributed by atoms with Gasteiger partial charge in [0.2, 0.25) is 5.95 Å². The first-order chi connectivity index (χ1) is 22.7. The number of nitrogens with two attached hydrogens (primary N) is 1. The van der Waals surface area contributed by atoms with Gasteiger partial charge in [-0.25, -0.2) is 19.7 Å². The number of hydrogen-bond acceptors (Lipinski definition) is 16. The highest BCUT2D eigenvalue weighted by atomic mass is 32.3. The van der Waals surface area contributed by atoms with Crippen LogP contribution in [-0.4, -0.2) is 105 Å². The number of ether oxygens (including phenoxy) is 1. The lowest BCUT2D eigenvalue weighted by Gasteiger charge is -2.50. The number of aromatic nitrogens is 3. The molecule has 8 N–H and O–H groups in total. The van der Waals surface area contributed by atoms with Crippen molar-refractivity contribution in [3.05, 3.63) is 59.4 Å². The minimum atomic E-state index is -5.03. The van der Waals surface area contributed by atoms with Crippen molar-refractivity contribution in [2.75, 3.05) is 30.7 Å². The largest absolute Gasteiger partial charge is 0.489 e.